The third kappa shape index (κ3) is 3.81. The first kappa shape index (κ1) is 19.8. The molecule has 0 aromatic heterocycles. The van der Waals surface area contributed by atoms with Gasteiger partial charge in [-0.05, 0) is 18.2 Å². The van der Waals surface area contributed by atoms with E-state index in [2.05, 4.69) is 15.9 Å². The van der Waals surface area contributed by atoms with E-state index in [1.165, 1.54) is 0 Å². The van der Waals surface area contributed by atoms with E-state index in [1.54, 1.807) is 0 Å². The standard InChI is InChI=1S/C13H8BrClN2O8S/c14-5-1-9(17(22)23)12(19)10(2-5)26(24,25)16-8-4-6(15)3-7(11(8)18)13(20)21/h1-4,16,18-19H,(H,20,21). The minimum atomic E-state index is -4.65. The molecule has 138 valence electrons. The van der Waals surface area contributed by atoms with Crippen molar-refractivity contribution in [2.75, 3.05) is 4.72 Å². The molecule has 0 saturated heterocycles. The van der Waals surface area contributed by atoms with Gasteiger partial charge in [-0.1, -0.05) is 27.5 Å². The van der Waals surface area contributed by atoms with E-state index < -0.39 is 54.2 Å². The average Bonchev–Trinajstić information content (AvgIpc) is 2.51. The quantitative estimate of drug-likeness (QED) is 0.296. The van der Waals surface area contributed by atoms with Crippen LogP contribution < -0.4 is 4.72 Å². The minimum absolute atomic E-state index is 0.0103. The van der Waals surface area contributed by atoms with Crippen molar-refractivity contribution in [2.45, 2.75) is 4.90 Å². The number of nitro benzene ring substituents is 1. The lowest BCUT2D eigenvalue weighted by Gasteiger charge is -2.13. The van der Waals surface area contributed by atoms with Crippen molar-refractivity contribution < 1.29 is 33.5 Å². The fourth-order valence-corrected chi connectivity index (χ4v) is 3.96. The van der Waals surface area contributed by atoms with Crippen molar-refractivity contribution in [1.82, 2.24) is 0 Å². The predicted octanol–water partition coefficient (Wildman–Crippen LogP) is 2.92. The summed E-state index contributed by atoms with van der Waals surface area (Å²) in [6, 6.07) is 3.63. The van der Waals surface area contributed by atoms with E-state index in [4.69, 9.17) is 16.7 Å². The fraction of sp³-hybridized carbons (Fsp3) is 0. The molecule has 2 rings (SSSR count). The molecule has 10 nitrogen and oxygen atoms in total. The van der Waals surface area contributed by atoms with Gasteiger partial charge in [0.1, 0.15) is 10.5 Å². The number of rotatable bonds is 5. The predicted molar refractivity (Wildman–Crippen MR) is 93.3 cm³/mol. The number of carbonyl (C=O) groups is 1. The number of halogens is 2. The highest BCUT2D eigenvalue weighted by atomic mass is 79.9. The molecule has 13 heteroatoms. The van der Waals surface area contributed by atoms with Gasteiger partial charge in [0.2, 0.25) is 5.75 Å². The molecule has 0 saturated carbocycles. The molecule has 2 aromatic carbocycles. The van der Waals surface area contributed by atoms with E-state index >= 15 is 0 Å². The number of phenolic OH excluding ortho intramolecular Hbond substituents is 1. The van der Waals surface area contributed by atoms with Crippen molar-refractivity contribution in [1.29, 1.82) is 0 Å². The molecule has 26 heavy (non-hydrogen) atoms. The first-order valence-electron chi connectivity index (χ1n) is 6.39. The minimum Gasteiger partial charge on any atom is -0.505 e. The van der Waals surface area contributed by atoms with E-state index in [0.29, 0.717) is 0 Å². The first-order chi connectivity index (χ1) is 11.9. The van der Waals surface area contributed by atoms with Crippen LogP contribution in [0.25, 0.3) is 0 Å². The zero-order chi connectivity index (χ0) is 19.8. The molecule has 0 bridgehead atoms. The van der Waals surface area contributed by atoms with E-state index in [1.807, 2.05) is 4.72 Å². The largest absolute Gasteiger partial charge is 0.505 e. The third-order valence-electron chi connectivity index (χ3n) is 3.06. The molecular formula is C13H8BrClN2O8S. The van der Waals surface area contributed by atoms with Crippen LogP contribution in [0.4, 0.5) is 11.4 Å². The Morgan fingerprint density at radius 1 is 1.19 bits per heavy atom. The van der Waals surface area contributed by atoms with Gasteiger partial charge in [-0.15, -0.1) is 0 Å². The van der Waals surface area contributed by atoms with Gasteiger partial charge in [0, 0.05) is 15.6 Å². The molecule has 0 aliphatic heterocycles. The van der Waals surface area contributed by atoms with Gasteiger partial charge < -0.3 is 15.3 Å². The number of phenols is 2. The Morgan fingerprint density at radius 2 is 1.81 bits per heavy atom. The van der Waals surface area contributed by atoms with E-state index in [9.17, 15) is 33.5 Å². The van der Waals surface area contributed by atoms with E-state index in [-0.39, 0.29) is 9.50 Å². The lowest BCUT2D eigenvalue weighted by molar-refractivity contribution is -0.386. The highest BCUT2D eigenvalue weighted by molar-refractivity contribution is 9.10. The number of carboxylic acids is 1. The van der Waals surface area contributed by atoms with Crippen LogP contribution in [-0.4, -0.2) is 34.6 Å². The van der Waals surface area contributed by atoms with Crippen LogP contribution >= 0.6 is 27.5 Å². The maximum atomic E-state index is 12.5. The van der Waals surface area contributed by atoms with Crippen LogP contribution in [0.5, 0.6) is 11.5 Å². The second kappa shape index (κ2) is 6.97. The molecule has 0 fully saturated rings. The Balaban J connectivity index is 2.62. The highest BCUT2D eigenvalue weighted by Gasteiger charge is 2.28. The third-order valence-corrected chi connectivity index (χ3v) is 5.11. The Labute approximate surface area is 159 Å². The molecule has 2 aromatic rings. The number of hydrogen-bond acceptors (Lipinski definition) is 7. The molecule has 0 heterocycles. The smallest absolute Gasteiger partial charge is 0.339 e. The van der Waals surface area contributed by atoms with Gasteiger partial charge in [-0.3, -0.25) is 14.8 Å². The summed E-state index contributed by atoms with van der Waals surface area (Å²) in [6.45, 7) is 0. The van der Waals surface area contributed by atoms with Crippen molar-refractivity contribution in [2.24, 2.45) is 0 Å². The summed E-state index contributed by atoms with van der Waals surface area (Å²) in [7, 11) is -4.65. The van der Waals surface area contributed by atoms with Crippen molar-refractivity contribution >= 4 is 54.9 Å². The van der Waals surface area contributed by atoms with Crippen molar-refractivity contribution in [3.63, 3.8) is 0 Å². The van der Waals surface area contributed by atoms with Crippen molar-refractivity contribution in [3.8, 4) is 11.5 Å². The van der Waals surface area contributed by atoms with Crippen molar-refractivity contribution in [3.05, 3.63) is 49.4 Å². The monoisotopic (exact) mass is 466 g/mol. The van der Waals surface area contributed by atoms with E-state index in [0.717, 1.165) is 24.3 Å². The maximum absolute atomic E-state index is 12.5. The van der Waals surface area contributed by atoms with Crippen LogP contribution in [0, 0.1) is 10.1 Å². The summed E-state index contributed by atoms with van der Waals surface area (Å²) in [5, 5.41) is 39.5. The van der Waals surface area contributed by atoms with Crippen LogP contribution in [-0.2, 0) is 10.0 Å². The Kier molecular flexibility index (Phi) is 5.30. The number of anilines is 1. The van der Waals surface area contributed by atoms with Gasteiger partial charge in [0.15, 0.2) is 5.75 Å². The summed E-state index contributed by atoms with van der Waals surface area (Å²) in [5.74, 6) is -3.62. The Bertz CT molecular complexity index is 1040. The maximum Gasteiger partial charge on any atom is 0.339 e. The number of sulfonamides is 1. The number of hydrogen-bond donors (Lipinski definition) is 4. The molecule has 0 aliphatic rings. The molecule has 0 atom stereocenters. The zero-order valence-corrected chi connectivity index (χ0v) is 15.5. The summed E-state index contributed by atoms with van der Waals surface area (Å²) >= 11 is 8.60. The summed E-state index contributed by atoms with van der Waals surface area (Å²) in [4.78, 5) is 20.1. The van der Waals surface area contributed by atoms with Crippen LogP contribution in [0.2, 0.25) is 5.02 Å². The SMILES string of the molecule is O=C(O)c1cc(Cl)cc(NS(=O)(=O)c2cc(Br)cc([N+](=O)[O-])c2O)c1O. The average molecular weight is 468 g/mol. The van der Waals surface area contributed by atoms with Gasteiger partial charge in [-0.2, -0.15) is 0 Å². The zero-order valence-electron chi connectivity index (χ0n) is 12.3. The normalized spacial score (nSPS) is 11.2. The molecule has 0 unspecified atom stereocenters. The number of benzene rings is 2. The van der Waals surface area contributed by atoms with Gasteiger partial charge in [-0.25, -0.2) is 13.2 Å². The molecule has 0 amide bonds. The lowest BCUT2D eigenvalue weighted by atomic mass is 10.2. The topological polar surface area (TPSA) is 167 Å². The second-order valence-corrected chi connectivity index (χ2v) is 7.79. The number of nitro groups is 1. The van der Waals surface area contributed by atoms with Crippen LogP contribution in [0.1, 0.15) is 10.4 Å². The Morgan fingerprint density at radius 3 is 2.35 bits per heavy atom. The first-order valence-corrected chi connectivity index (χ1v) is 9.05. The number of carboxylic acid groups (broad SMARTS) is 1. The summed E-state index contributed by atoms with van der Waals surface area (Å²) in [5.41, 5.74) is -2.13. The fourth-order valence-electron chi connectivity index (χ4n) is 1.94. The lowest BCUT2D eigenvalue weighted by Crippen LogP contribution is -2.14. The second-order valence-electron chi connectivity index (χ2n) is 4.79. The van der Waals surface area contributed by atoms with Crippen LogP contribution in [0.3, 0.4) is 0 Å². The number of nitrogens with zero attached hydrogens (tertiary/aromatic N) is 1. The molecule has 4 N–H and O–H groups in total. The van der Waals surface area contributed by atoms with Gasteiger partial charge >= 0.3 is 11.7 Å². The number of aromatic hydroxyl groups is 2. The van der Waals surface area contributed by atoms with Gasteiger partial charge in [0.25, 0.3) is 10.0 Å². The number of aromatic carboxylic acids is 1. The van der Waals surface area contributed by atoms with Gasteiger partial charge in [0.05, 0.1) is 10.6 Å². The van der Waals surface area contributed by atoms with Crippen LogP contribution in [0.15, 0.2) is 33.6 Å². The number of nitrogens with one attached hydrogen (secondary N) is 1. The summed E-state index contributed by atoms with van der Waals surface area (Å²) in [6.07, 6.45) is 0. The highest BCUT2D eigenvalue weighted by Crippen LogP contribution is 2.39. The molecule has 0 radical (unpaired) electrons. The molecular weight excluding hydrogens is 460 g/mol. The molecule has 0 spiro atoms. The molecule has 0 aliphatic carbocycles. The Hall–Kier alpha value is -2.57. The summed E-state index contributed by atoms with van der Waals surface area (Å²) < 4.78 is 26.8.